The van der Waals surface area contributed by atoms with Crippen LogP contribution in [0.5, 0.6) is 0 Å². The number of pyridine rings is 1. The van der Waals surface area contributed by atoms with Crippen molar-refractivity contribution in [2.45, 2.75) is 18.4 Å². The number of hydrogen-bond donors (Lipinski definition) is 1. The van der Waals surface area contributed by atoms with Crippen molar-refractivity contribution in [1.29, 1.82) is 5.26 Å². The molecule has 1 N–H and O–H groups in total. The molecule has 0 radical (unpaired) electrons. The highest BCUT2D eigenvalue weighted by atomic mass is 19.3. The Morgan fingerprint density at radius 3 is 2.69 bits per heavy atom. The molecule has 1 atom stereocenters. The third-order valence-corrected chi connectivity index (χ3v) is 5.96. The molecule has 35 heavy (non-hydrogen) atoms. The summed E-state index contributed by atoms with van der Waals surface area (Å²) in [5, 5.41) is 13.0. The van der Waals surface area contributed by atoms with Crippen LogP contribution in [-0.2, 0) is 4.79 Å². The molecule has 174 valence electrons. The topological polar surface area (TPSA) is 112 Å². The summed E-state index contributed by atoms with van der Waals surface area (Å²) in [7, 11) is 0. The number of aromatic nitrogens is 3. The minimum absolute atomic E-state index is 0.289. The number of nitrogens with zero attached hydrogens (tertiary/aromatic N) is 5. The number of nitriles is 1. The maximum Gasteiger partial charge on any atom is 0.268 e. The molecule has 1 unspecified atom stereocenters. The van der Waals surface area contributed by atoms with Crippen LogP contribution in [0.25, 0.3) is 32.9 Å². The van der Waals surface area contributed by atoms with Gasteiger partial charge in [0.2, 0.25) is 5.91 Å². The third kappa shape index (κ3) is 4.36. The summed E-state index contributed by atoms with van der Waals surface area (Å²) in [6, 6.07) is 13.3. The van der Waals surface area contributed by atoms with Crippen molar-refractivity contribution in [2.24, 2.45) is 0 Å². The first-order valence-corrected chi connectivity index (χ1v) is 10.8. The second-order valence-electron chi connectivity index (χ2n) is 8.30. The van der Waals surface area contributed by atoms with Crippen LogP contribution in [0.15, 0.2) is 61.2 Å². The van der Waals surface area contributed by atoms with Crippen molar-refractivity contribution in [3.8, 4) is 17.2 Å². The zero-order valence-electron chi connectivity index (χ0n) is 18.3. The lowest BCUT2D eigenvalue weighted by molar-refractivity contribution is -0.131. The van der Waals surface area contributed by atoms with E-state index in [1.54, 1.807) is 18.3 Å². The number of likely N-dealkylation sites (tertiary alicyclic amines) is 1. The number of amides is 2. The molecule has 5 rings (SSSR count). The van der Waals surface area contributed by atoms with Crippen molar-refractivity contribution in [3.05, 3.63) is 66.7 Å². The summed E-state index contributed by atoms with van der Waals surface area (Å²) in [5.74, 6) is -4.40. The minimum atomic E-state index is -3.12. The maximum atomic E-state index is 13.6. The van der Waals surface area contributed by atoms with Gasteiger partial charge in [-0.3, -0.25) is 14.6 Å². The van der Waals surface area contributed by atoms with Crippen LogP contribution in [0.2, 0.25) is 0 Å². The fourth-order valence-electron chi connectivity index (χ4n) is 4.24. The Morgan fingerprint density at radius 2 is 1.89 bits per heavy atom. The Labute approximate surface area is 198 Å². The van der Waals surface area contributed by atoms with Gasteiger partial charge in [0.25, 0.3) is 11.8 Å². The number of alkyl halides is 2. The van der Waals surface area contributed by atoms with Crippen LogP contribution < -0.4 is 5.32 Å². The van der Waals surface area contributed by atoms with Crippen LogP contribution in [0.4, 0.5) is 8.78 Å². The van der Waals surface area contributed by atoms with E-state index < -0.39 is 43.3 Å². The third-order valence-electron chi connectivity index (χ3n) is 5.96. The first-order valence-electron chi connectivity index (χ1n) is 10.8. The molecule has 2 amide bonds. The van der Waals surface area contributed by atoms with Gasteiger partial charge in [-0.1, -0.05) is 12.1 Å². The summed E-state index contributed by atoms with van der Waals surface area (Å²) >= 11 is 0. The van der Waals surface area contributed by atoms with Gasteiger partial charge in [0.15, 0.2) is 0 Å². The lowest BCUT2D eigenvalue weighted by Gasteiger charge is -2.19. The average Bonchev–Trinajstić information content (AvgIpc) is 3.20. The Bertz CT molecular complexity index is 1520. The predicted octanol–water partition coefficient (Wildman–Crippen LogP) is 3.33. The Hall–Kier alpha value is -4.52. The molecule has 0 bridgehead atoms. The summed E-state index contributed by atoms with van der Waals surface area (Å²) < 4.78 is 27.3. The SMILES string of the molecule is N#CC1CC(F)(F)CN1C(=O)CNC(=O)c1ccnc2ccc(-c3ccc4ncncc4c3)cc12. The van der Waals surface area contributed by atoms with Gasteiger partial charge in [0, 0.05) is 29.6 Å². The van der Waals surface area contributed by atoms with Gasteiger partial charge >= 0.3 is 0 Å². The zero-order valence-corrected chi connectivity index (χ0v) is 18.3. The standard InChI is InChI=1S/C25H18F2N6O2/c26-25(27)9-18(10-28)33(13-25)23(34)12-31-24(35)19-5-6-30-22-4-2-16(8-20(19)22)15-1-3-21-17(7-15)11-29-14-32-21/h1-8,11,14,18H,9,12-13H2,(H,31,35). The zero-order chi connectivity index (χ0) is 24.6. The summed E-state index contributed by atoms with van der Waals surface area (Å²) in [6.07, 6.45) is 3.98. The molecular formula is C25H18F2N6O2. The predicted molar refractivity (Wildman–Crippen MR) is 123 cm³/mol. The van der Waals surface area contributed by atoms with E-state index in [0.717, 1.165) is 26.9 Å². The van der Waals surface area contributed by atoms with E-state index >= 15 is 0 Å². The Balaban J connectivity index is 1.39. The molecule has 1 fully saturated rings. The number of hydrogen-bond acceptors (Lipinski definition) is 6. The first-order chi connectivity index (χ1) is 16.8. The van der Waals surface area contributed by atoms with E-state index in [-0.39, 0.29) is 5.56 Å². The lowest BCUT2D eigenvalue weighted by atomic mass is 9.99. The van der Waals surface area contributed by atoms with Gasteiger partial charge in [-0.25, -0.2) is 18.7 Å². The number of benzene rings is 2. The average molecular weight is 472 g/mol. The lowest BCUT2D eigenvalue weighted by Crippen LogP contribution is -2.43. The summed E-state index contributed by atoms with van der Waals surface area (Å²) in [4.78, 5) is 38.8. The van der Waals surface area contributed by atoms with Crippen molar-refractivity contribution >= 4 is 33.6 Å². The van der Waals surface area contributed by atoms with E-state index in [9.17, 15) is 18.4 Å². The number of nitrogens with one attached hydrogen (secondary N) is 1. The van der Waals surface area contributed by atoms with Crippen LogP contribution in [0.3, 0.4) is 0 Å². The van der Waals surface area contributed by atoms with E-state index in [2.05, 4.69) is 20.3 Å². The molecule has 0 saturated carbocycles. The quantitative estimate of drug-likeness (QED) is 0.488. The number of fused-ring (bicyclic) bond motifs is 2. The Morgan fingerprint density at radius 1 is 1.11 bits per heavy atom. The molecule has 1 aliphatic heterocycles. The van der Waals surface area contributed by atoms with Gasteiger partial charge in [0.05, 0.1) is 35.8 Å². The normalized spacial score (nSPS) is 16.8. The first kappa shape index (κ1) is 22.3. The minimum Gasteiger partial charge on any atom is -0.343 e. The van der Waals surface area contributed by atoms with Gasteiger partial charge < -0.3 is 10.2 Å². The highest BCUT2D eigenvalue weighted by Gasteiger charge is 2.47. The van der Waals surface area contributed by atoms with Crippen LogP contribution in [-0.4, -0.2) is 56.7 Å². The maximum absolute atomic E-state index is 13.6. The molecule has 2 aromatic carbocycles. The van der Waals surface area contributed by atoms with Crippen molar-refractivity contribution in [1.82, 2.24) is 25.2 Å². The van der Waals surface area contributed by atoms with E-state index in [1.807, 2.05) is 30.3 Å². The highest BCUT2D eigenvalue weighted by Crippen LogP contribution is 2.32. The van der Waals surface area contributed by atoms with Crippen molar-refractivity contribution < 1.29 is 18.4 Å². The molecule has 1 saturated heterocycles. The molecule has 0 spiro atoms. The van der Waals surface area contributed by atoms with Crippen LogP contribution in [0.1, 0.15) is 16.8 Å². The largest absolute Gasteiger partial charge is 0.343 e. The van der Waals surface area contributed by atoms with Crippen LogP contribution >= 0.6 is 0 Å². The summed E-state index contributed by atoms with van der Waals surface area (Å²) in [5.41, 5.74) is 3.43. The molecule has 0 aliphatic carbocycles. The van der Waals surface area contributed by atoms with Crippen molar-refractivity contribution in [3.63, 3.8) is 0 Å². The fourth-order valence-corrected chi connectivity index (χ4v) is 4.24. The number of carbonyl (C=O) groups is 2. The smallest absolute Gasteiger partial charge is 0.268 e. The molecule has 4 aromatic rings. The van der Waals surface area contributed by atoms with E-state index in [4.69, 9.17) is 5.26 Å². The van der Waals surface area contributed by atoms with Crippen LogP contribution in [0, 0.1) is 11.3 Å². The molecule has 8 nitrogen and oxygen atoms in total. The molecule has 3 heterocycles. The van der Waals surface area contributed by atoms with E-state index in [1.165, 1.54) is 18.6 Å². The molecule has 1 aliphatic rings. The van der Waals surface area contributed by atoms with E-state index in [0.29, 0.717) is 10.9 Å². The Kier molecular flexibility index (Phi) is 5.53. The van der Waals surface area contributed by atoms with Crippen molar-refractivity contribution in [2.75, 3.05) is 13.1 Å². The number of rotatable bonds is 4. The second-order valence-corrected chi connectivity index (χ2v) is 8.30. The summed E-state index contributed by atoms with van der Waals surface area (Å²) in [6.45, 7) is -1.33. The number of halogens is 2. The number of carbonyl (C=O) groups excluding carboxylic acids is 2. The molecular weight excluding hydrogens is 454 g/mol. The highest BCUT2D eigenvalue weighted by molar-refractivity contribution is 6.07. The molecule has 10 heteroatoms. The fraction of sp³-hybridized carbons (Fsp3) is 0.200. The van der Waals surface area contributed by atoms with Gasteiger partial charge in [-0.05, 0) is 41.5 Å². The van der Waals surface area contributed by atoms with Gasteiger partial charge in [-0.15, -0.1) is 0 Å². The molecule has 2 aromatic heterocycles. The second kappa shape index (κ2) is 8.68. The monoisotopic (exact) mass is 472 g/mol. The van der Waals surface area contributed by atoms with Gasteiger partial charge in [-0.2, -0.15) is 5.26 Å². The van der Waals surface area contributed by atoms with Gasteiger partial charge in [0.1, 0.15) is 12.4 Å².